The molecule has 2 rings (SSSR count). The van der Waals surface area contributed by atoms with Crippen molar-refractivity contribution in [3.63, 3.8) is 0 Å². The highest BCUT2D eigenvalue weighted by molar-refractivity contribution is 5.83. The zero-order valence-electron chi connectivity index (χ0n) is 11.4. The number of rotatable bonds is 5. The Balaban J connectivity index is 1.96. The zero-order chi connectivity index (χ0) is 14.5. The fourth-order valence-corrected chi connectivity index (χ4v) is 2.37. The molecule has 1 aliphatic rings. The van der Waals surface area contributed by atoms with Gasteiger partial charge in [0.25, 0.3) is 0 Å². The summed E-state index contributed by atoms with van der Waals surface area (Å²) in [7, 11) is 0. The van der Waals surface area contributed by atoms with E-state index in [-0.39, 0.29) is 18.4 Å². The molecule has 1 aliphatic heterocycles. The molecule has 3 unspecified atom stereocenters. The number of carboxylic acid groups (broad SMARTS) is 1. The number of amides is 1. The lowest BCUT2D eigenvalue weighted by Gasteiger charge is -2.17. The van der Waals surface area contributed by atoms with Gasteiger partial charge in [-0.3, -0.25) is 9.59 Å². The number of hydrogen-bond donors (Lipinski definition) is 2. The molecule has 0 bridgehead atoms. The molecule has 0 radical (unpaired) electrons. The zero-order valence-corrected chi connectivity index (χ0v) is 11.4. The maximum absolute atomic E-state index is 12.0. The number of carbonyl (C=O) groups is 2. The maximum Gasteiger partial charge on any atom is 0.312 e. The molecular weight excluding hydrogens is 258 g/mol. The van der Waals surface area contributed by atoms with Crippen LogP contribution in [0.25, 0.3) is 0 Å². The molecule has 5 heteroatoms. The van der Waals surface area contributed by atoms with Crippen molar-refractivity contribution in [2.45, 2.75) is 25.4 Å². The quantitative estimate of drug-likeness (QED) is 0.853. The van der Waals surface area contributed by atoms with Gasteiger partial charge in [0.1, 0.15) is 6.10 Å². The molecule has 0 saturated carbocycles. The van der Waals surface area contributed by atoms with Gasteiger partial charge in [0.2, 0.25) is 5.91 Å². The minimum atomic E-state index is -0.947. The lowest BCUT2D eigenvalue weighted by Crippen LogP contribution is -2.40. The summed E-state index contributed by atoms with van der Waals surface area (Å²) >= 11 is 0. The first-order valence-electron chi connectivity index (χ1n) is 6.76. The third kappa shape index (κ3) is 3.36. The molecule has 1 aromatic rings. The highest BCUT2D eigenvalue weighted by atomic mass is 16.5. The molecule has 1 amide bonds. The van der Waals surface area contributed by atoms with Gasteiger partial charge in [0.05, 0.1) is 5.92 Å². The van der Waals surface area contributed by atoms with Crippen LogP contribution in [0, 0.1) is 5.92 Å². The maximum atomic E-state index is 12.0. The minimum absolute atomic E-state index is 0.0742. The summed E-state index contributed by atoms with van der Waals surface area (Å²) in [6.45, 7) is 2.62. The van der Waals surface area contributed by atoms with E-state index in [9.17, 15) is 14.7 Å². The number of nitrogens with one attached hydrogen (secondary N) is 1. The summed E-state index contributed by atoms with van der Waals surface area (Å²) in [5.74, 6) is -1.74. The molecule has 0 aromatic heterocycles. The Morgan fingerprint density at radius 2 is 2.10 bits per heavy atom. The van der Waals surface area contributed by atoms with Crippen molar-refractivity contribution >= 4 is 11.9 Å². The average molecular weight is 277 g/mol. The SMILES string of the molecule is CC1CCOC1C(=O)NCC(C(=O)O)c1ccccc1. The third-order valence-corrected chi connectivity index (χ3v) is 3.63. The largest absolute Gasteiger partial charge is 0.481 e. The molecule has 5 nitrogen and oxygen atoms in total. The van der Waals surface area contributed by atoms with Crippen molar-refractivity contribution in [2.24, 2.45) is 5.92 Å². The van der Waals surface area contributed by atoms with Crippen molar-refractivity contribution in [1.29, 1.82) is 0 Å². The van der Waals surface area contributed by atoms with Crippen molar-refractivity contribution in [3.05, 3.63) is 35.9 Å². The predicted octanol–water partition coefficient (Wildman–Crippen LogP) is 1.40. The molecule has 1 heterocycles. The highest BCUT2D eigenvalue weighted by Crippen LogP contribution is 2.20. The van der Waals surface area contributed by atoms with Crippen LogP contribution in [-0.2, 0) is 14.3 Å². The third-order valence-electron chi connectivity index (χ3n) is 3.63. The van der Waals surface area contributed by atoms with Gasteiger partial charge < -0.3 is 15.2 Å². The summed E-state index contributed by atoms with van der Waals surface area (Å²) in [5, 5.41) is 12.0. The standard InChI is InChI=1S/C15H19NO4/c1-10-7-8-20-13(10)14(17)16-9-12(15(18)19)11-5-3-2-4-6-11/h2-6,10,12-13H,7-9H2,1H3,(H,16,17)(H,18,19). The Labute approximate surface area is 117 Å². The van der Waals surface area contributed by atoms with Gasteiger partial charge in [-0.25, -0.2) is 0 Å². The summed E-state index contributed by atoms with van der Waals surface area (Å²) in [6, 6.07) is 8.90. The summed E-state index contributed by atoms with van der Waals surface area (Å²) in [5.41, 5.74) is 0.681. The normalized spacial score (nSPS) is 23.2. The van der Waals surface area contributed by atoms with Crippen LogP contribution >= 0.6 is 0 Å². The molecule has 2 N–H and O–H groups in total. The lowest BCUT2D eigenvalue weighted by atomic mass is 9.98. The van der Waals surface area contributed by atoms with E-state index in [0.717, 1.165) is 6.42 Å². The summed E-state index contributed by atoms with van der Waals surface area (Å²) in [4.78, 5) is 23.3. The van der Waals surface area contributed by atoms with Crippen molar-refractivity contribution in [1.82, 2.24) is 5.32 Å². The van der Waals surface area contributed by atoms with Crippen LogP contribution < -0.4 is 5.32 Å². The average Bonchev–Trinajstić information content (AvgIpc) is 2.86. The molecular formula is C15H19NO4. The van der Waals surface area contributed by atoms with Gasteiger partial charge >= 0.3 is 5.97 Å². The number of ether oxygens (including phenoxy) is 1. The van der Waals surface area contributed by atoms with E-state index >= 15 is 0 Å². The second-order valence-corrected chi connectivity index (χ2v) is 5.10. The van der Waals surface area contributed by atoms with Gasteiger partial charge in [-0.1, -0.05) is 37.3 Å². The van der Waals surface area contributed by atoms with Crippen molar-refractivity contribution in [3.8, 4) is 0 Å². The van der Waals surface area contributed by atoms with Gasteiger partial charge in [-0.2, -0.15) is 0 Å². The van der Waals surface area contributed by atoms with Crippen LogP contribution in [0.4, 0.5) is 0 Å². The first-order valence-corrected chi connectivity index (χ1v) is 6.76. The first-order chi connectivity index (χ1) is 9.59. The highest BCUT2D eigenvalue weighted by Gasteiger charge is 2.31. The molecule has 108 valence electrons. The Kier molecular flexibility index (Phi) is 4.74. The Morgan fingerprint density at radius 3 is 2.65 bits per heavy atom. The van der Waals surface area contributed by atoms with Crippen molar-refractivity contribution in [2.75, 3.05) is 13.2 Å². The number of carbonyl (C=O) groups excluding carboxylic acids is 1. The van der Waals surface area contributed by atoms with Crippen LogP contribution in [0.5, 0.6) is 0 Å². The van der Waals surface area contributed by atoms with Crippen LogP contribution in [0.2, 0.25) is 0 Å². The van der Waals surface area contributed by atoms with Crippen LogP contribution in [0.15, 0.2) is 30.3 Å². The molecule has 3 atom stereocenters. The fourth-order valence-electron chi connectivity index (χ4n) is 2.37. The van der Waals surface area contributed by atoms with Crippen LogP contribution in [0.1, 0.15) is 24.8 Å². The Bertz CT molecular complexity index is 474. The van der Waals surface area contributed by atoms with E-state index in [0.29, 0.717) is 12.2 Å². The van der Waals surface area contributed by atoms with Crippen LogP contribution in [-0.4, -0.2) is 36.2 Å². The Hall–Kier alpha value is -1.88. The number of benzene rings is 1. The number of hydrogen-bond acceptors (Lipinski definition) is 3. The fraction of sp³-hybridized carbons (Fsp3) is 0.467. The number of aliphatic carboxylic acids is 1. The molecule has 20 heavy (non-hydrogen) atoms. The van der Waals surface area contributed by atoms with Gasteiger partial charge in [0, 0.05) is 13.2 Å². The van der Waals surface area contributed by atoms with Crippen LogP contribution in [0.3, 0.4) is 0 Å². The lowest BCUT2D eigenvalue weighted by molar-refractivity contribution is -0.139. The molecule has 0 spiro atoms. The van der Waals surface area contributed by atoms with E-state index in [1.54, 1.807) is 24.3 Å². The van der Waals surface area contributed by atoms with E-state index in [1.807, 2.05) is 13.0 Å². The minimum Gasteiger partial charge on any atom is -0.481 e. The summed E-state index contributed by atoms with van der Waals surface area (Å²) in [6.07, 6.45) is 0.402. The number of carboxylic acids is 1. The summed E-state index contributed by atoms with van der Waals surface area (Å²) < 4.78 is 5.37. The first kappa shape index (κ1) is 14.5. The van der Waals surface area contributed by atoms with E-state index < -0.39 is 18.0 Å². The molecule has 0 aliphatic carbocycles. The molecule has 1 fully saturated rings. The predicted molar refractivity (Wildman–Crippen MR) is 73.3 cm³/mol. The Morgan fingerprint density at radius 1 is 1.40 bits per heavy atom. The second kappa shape index (κ2) is 6.52. The molecule has 1 aromatic carbocycles. The van der Waals surface area contributed by atoms with E-state index in [1.165, 1.54) is 0 Å². The topological polar surface area (TPSA) is 75.6 Å². The second-order valence-electron chi connectivity index (χ2n) is 5.10. The van der Waals surface area contributed by atoms with Gasteiger partial charge in [-0.05, 0) is 17.9 Å². The smallest absolute Gasteiger partial charge is 0.312 e. The van der Waals surface area contributed by atoms with Gasteiger partial charge in [0.15, 0.2) is 0 Å². The monoisotopic (exact) mass is 277 g/mol. The van der Waals surface area contributed by atoms with E-state index in [2.05, 4.69) is 5.32 Å². The van der Waals surface area contributed by atoms with E-state index in [4.69, 9.17) is 4.74 Å². The van der Waals surface area contributed by atoms with Crippen molar-refractivity contribution < 1.29 is 19.4 Å². The molecule has 1 saturated heterocycles. The van der Waals surface area contributed by atoms with Gasteiger partial charge in [-0.15, -0.1) is 0 Å².